The molecule has 0 bridgehead atoms. The van der Waals surface area contributed by atoms with Crippen molar-refractivity contribution < 1.29 is 19.8 Å². The molecule has 1 rings (SSSR count). The first-order chi connectivity index (χ1) is 9.65. The Hall–Kier alpha value is -1.92. The van der Waals surface area contributed by atoms with Crippen LogP contribution in [-0.2, 0) is 0 Å². The second kappa shape index (κ2) is 6.69. The highest BCUT2D eigenvalue weighted by Gasteiger charge is 2.22. The highest BCUT2D eigenvalue weighted by molar-refractivity contribution is 6.06. The maximum absolute atomic E-state index is 12.1. The van der Waals surface area contributed by atoms with Crippen LogP contribution in [0.5, 0.6) is 11.5 Å². The van der Waals surface area contributed by atoms with Crippen LogP contribution in [0.3, 0.4) is 0 Å². The minimum atomic E-state index is -0.306. The van der Waals surface area contributed by atoms with E-state index >= 15 is 0 Å². The lowest BCUT2D eigenvalue weighted by molar-refractivity contribution is 0.0955. The van der Waals surface area contributed by atoms with Crippen molar-refractivity contribution >= 4 is 11.6 Å². The van der Waals surface area contributed by atoms with Crippen molar-refractivity contribution in [1.29, 1.82) is 0 Å². The van der Waals surface area contributed by atoms with E-state index in [9.17, 15) is 19.8 Å². The van der Waals surface area contributed by atoms with E-state index in [0.717, 1.165) is 0 Å². The molecule has 21 heavy (non-hydrogen) atoms. The summed E-state index contributed by atoms with van der Waals surface area (Å²) in [6, 6.07) is 1.27. The van der Waals surface area contributed by atoms with Gasteiger partial charge in [0.15, 0.2) is 11.6 Å². The Morgan fingerprint density at radius 1 is 0.905 bits per heavy atom. The van der Waals surface area contributed by atoms with Gasteiger partial charge < -0.3 is 20.0 Å². The molecule has 0 fully saturated rings. The predicted octanol–water partition coefficient (Wildman–Crippen LogP) is 0.895. The maximum atomic E-state index is 12.1. The molecule has 0 atom stereocenters. The van der Waals surface area contributed by atoms with Gasteiger partial charge in [-0.15, -0.1) is 0 Å². The van der Waals surface area contributed by atoms with Gasteiger partial charge in [-0.05, 0) is 41.2 Å². The van der Waals surface area contributed by atoms with Gasteiger partial charge in [-0.25, -0.2) is 0 Å². The van der Waals surface area contributed by atoms with Crippen LogP contribution < -0.4 is 0 Å². The van der Waals surface area contributed by atoms with Crippen LogP contribution in [0.25, 0.3) is 0 Å². The summed E-state index contributed by atoms with van der Waals surface area (Å²) in [6.45, 7) is 1.70. The van der Waals surface area contributed by atoms with Crippen LogP contribution in [0, 0.1) is 6.92 Å². The van der Waals surface area contributed by atoms with E-state index in [4.69, 9.17) is 0 Å². The monoisotopic (exact) mass is 294 g/mol. The zero-order chi connectivity index (χ0) is 16.3. The van der Waals surface area contributed by atoms with E-state index in [1.165, 1.54) is 13.0 Å². The SMILES string of the molecule is Cc1c(O)c(C(=O)CN(C)C)cc(C(=O)CN(C)C)c1O. The molecule has 0 saturated heterocycles. The van der Waals surface area contributed by atoms with Crippen molar-refractivity contribution in [3.8, 4) is 11.5 Å². The topological polar surface area (TPSA) is 81.1 Å². The molecule has 6 heteroatoms. The van der Waals surface area contributed by atoms with Crippen molar-refractivity contribution in [2.24, 2.45) is 0 Å². The minimum absolute atomic E-state index is 0.0566. The summed E-state index contributed by atoms with van der Waals surface area (Å²) in [5.74, 6) is -1.17. The van der Waals surface area contributed by atoms with Gasteiger partial charge in [-0.1, -0.05) is 0 Å². The second-order valence-electron chi connectivity index (χ2n) is 5.62. The first-order valence-electron chi connectivity index (χ1n) is 6.56. The summed E-state index contributed by atoms with van der Waals surface area (Å²) in [5.41, 5.74) is 0.254. The molecule has 1 aromatic carbocycles. The fraction of sp³-hybridized carbons (Fsp3) is 0.467. The van der Waals surface area contributed by atoms with Crippen molar-refractivity contribution in [1.82, 2.24) is 9.80 Å². The molecular formula is C15H22N2O4. The van der Waals surface area contributed by atoms with E-state index in [1.807, 2.05) is 0 Å². The largest absolute Gasteiger partial charge is 0.507 e. The molecule has 0 aliphatic rings. The average molecular weight is 294 g/mol. The van der Waals surface area contributed by atoms with Crippen LogP contribution in [0.15, 0.2) is 6.07 Å². The van der Waals surface area contributed by atoms with Crippen LogP contribution in [0.4, 0.5) is 0 Å². The van der Waals surface area contributed by atoms with Crippen molar-refractivity contribution in [3.63, 3.8) is 0 Å². The van der Waals surface area contributed by atoms with Crippen LogP contribution in [0.2, 0.25) is 0 Å². The molecule has 0 saturated carbocycles. The Labute approximate surface area is 124 Å². The number of rotatable bonds is 6. The lowest BCUT2D eigenvalue weighted by atomic mass is 9.97. The smallest absolute Gasteiger partial charge is 0.180 e. The fourth-order valence-electron chi connectivity index (χ4n) is 1.97. The highest BCUT2D eigenvalue weighted by atomic mass is 16.3. The zero-order valence-electron chi connectivity index (χ0n) is 13.1. The molecule has 1 aromatic rings. The molecule has 0 radical (unpaired) electrons. The molecule has 0 unspecified atom stereocenters. The third-order valence-corrected chi connectivity index (χ3v) is 3.03. The Kier molecular flexibility index (Phi) is 5.46. The molecule has 6 nitrogen and oxygen atoms in total. The number of hydrogen-bond acceptors (Lipinski definition) is 6. The average Bonchev–Trinajstić information content (AvgIpc) is 2.34. The molecule has 0 aromatic heterocycles. The minimum Gasteiger partial charge on any atom is -0.507 e. The van der Waals surface area contributed by atoms with Gasteiger partial charge in [0.1, 0.15) is 11.5 Å². The number of aromatic hydroxyl groups is 2. The quantitative estimate of drug-likeness (QED) is 0.759. The Morgan fingerprint density at radius 3 is 1.52 bits per heavy atom. The first kappa shape index (κ1) is 17.1. The van der Waals surface area contributed by atoms with Crippen LogP contribution in [-0.4, -0.2) is 72.9 Å². The Bertz CT molecular complexity index is 519. The molecule has 0 heterocycles. The highest BCUT2D eigenvalue weighted by Crippen LogP contribution is 2.34. The molecule has 0 aliphatic heterocycles. The summed E-state index contributed by atoms with van der Waals surface area (Å²) in [6.07, 6.45) is 0. The van der Waals surface area contributed by atoms with Gasteiger partial charge in [0, 0.05) is 5.56 Å². The number of nitrogens with zero attached hydrogens (tertiary/aromatic N) is 2. The fourth-order valence-corrected chi connectivity index (χ4v) is 1.97. The van der Waals surface area contributed by atoms with Gasteiger partial charge in [-0.3, -0.25) is 9.59 Å². The summed E-state index contributed by atoms with van der Waals surface area (Å²) in [4.78, 5) is 27.6. The summed E-state index contributed by atoms with van der Waals surface area (Å²) in [5, 5.41) is 20.1. The molecule has 0 amide bonds. The normalized spacial score (nSPS) is 11.2. The van der Waals surface area contributed by atoms with Crippen LogP contribution in [0.1, 0.15) is 26.3 Å². The van der Waals surface area contributed by atoms with Gasteiger partial charge in [-0.2, -0.15) is 0 Å². The number of ketones is 2. The molecule has 0 spiro atoms. The number of carbonyl (C=O) groups is 2. The Balaban J connectivity index is 3.31. The maximum Gasteiger partial charge on any atom is 0.180 e. The van der Waals surface area contributed by atoms with Gasteiger partial charge in [0.2, 0.25) is 0 Å². The number of Topliss-reactive ketones (excluding diaryl/α,β-unsaturated/α-hetero) is 2. The van der Waals surface area contributed by atoms with E-state index < -0.39 is 0 Å². The lowest BCUT2D eigenvalue weighted by Crippen LogP contribution is -2.24. The molecule has 2 N–H and O–H groups in total. The summed E-state index contributed by atoms with van der Waals surface area (Å²) in [7, 11) is 6.95. The number of likely N-dealkylation sites (N-methyl/N-ethyl adjacent to an activating group) is 2. The molecular weight excluding hydrogens is 272 g/mol. The molecule has 116 valence electrons. The number of benzene rings is 1. The van der Waals surface area contributed by atoms with E-state index in [0.29, 0.717) is 0 Å². The summed E-state index contributed by atoms with van der Waals surface area (Å²) < 4.78 is 0. The Morgan fingerprint density at radius 2 is 1.24 bits per heavy atom. The van der Waals surface area contributed by atoms with Gasteiger partial charge in [0.25, 0.3) is 0 Å². The van der Waals surface area contributed by atoms with E-state index in [1.54, 1.807) is 38.0 Å². The van der Waals surface area contributed by atoms with E-state index in [-0.39, 0.29) is 52.8 Å². The van der Waals surface area contributed by atoms with Gasteiger partial charge >= 0.3 is 0 Å². The lowest BCUT2D eigenvalue weighted by Gasteiger charge is -2.15. The van der Waals surface area contributed by atoms with E-state index in [2.05, 4.69) is 0 Å². The number of carbonyl (C=O) groups excluding carboxylic acids is 2. The van der Waals surface area contributed by atoms with Crippen molar-refractivity contribution in [2.45, 2.75) is 6.92 Å². The van der Waals surface area contributed by atoms with Crippen molar-refractivity contribution in [2.75, 3.05) is 41.3 Å². The third kappa shape index (κ3) is 4.03. The van der Waals surface area contributed by atoms with Gasteiger partial charge in [0.05, 0.1) is 24.2 Å². The standard InChI is InChI=1S/C15H22N2O4/c1-9-14(20)10(12(18)7-16(2)3)6-11(15(9)21)13(19)8-17(4)5/h6,20-21H,7-8H2,1-5H3. The predicted molar refractivity (Wildman–Crippen MR) is 80.3 cm³/mol. The zero-order valence-corrected chi connectivity index (χ0v) is 13.1. The second-order valence-corrected chi connectivity index (χ2v) is 5.62. The molecule has 0 aliphatic carbocycles. The van der Waals surface area contributed by atoms with Crippen LogP contribution >= 0.6 is 0 Å². The third-order valence-electron chi connectivity index (χ3n) is 3.03. The number of phenolic OH excluding ortho intramolecular Hbond substituents is 2. The number of hydrogen-bond donors (Lipinski definition) is 2. The number of phenols is 2. The first-order valence-corrected chi connectivity index (χ1v) is 6.56. The summed E-state index contributed by atoms with van der Waals surface area (Å²) >= 11 is 0. The van der Waals surface area contributed by atoms with Crippen molar-refractivity contribution in [3.05, 3.63) is 22.8 Å².